The van der Waals surface area contributed by atoms with Crippen LogP contribution in [0.15, 0.2) is 45.9 Å². The van der Waals surface area contributed by atoms with Crippen LogP contribution in [-0.4, -0.2) is 13.4 Å². The van der Waals surface area contributed by atoms with Crippen molar-refractivity contribution >= 4 is 26.0 Å². The molecular weight excluding hydrogens is 356 g/mol. The first-order valence-corrected chi connectivity index (χ1v) is 8.57. The van der Waals surface area contributed by atoms with Crippen LogP contribution in [0.3, 0.4) is 0 Å². The molecule has 2 rings (SSSR count). The Bertz CT molecular complexity index is 743. The number of nitrogens with zero attached hydrogens (tertiary/aromatic N) is 1. The molecule has 0 saturated heterocycles. The predicted octanol–water partition coefficient (Wildman–Crippen LogP) is 3.41. The van der Waals surface area contributed by atoms with E-state index in [1.807, 2.05) is 18.2 Å². The summed E-state index contributed by atoms with van der Waals surface area (Å²) in [4.78, 5) is 3.92. The van der Waals surface area contributed by atoms with Gasteiger partial charge in [0, 0.05) is 10.5 Å². The van der Waals surface area contributed by atoms with E-state index in [-0.39, 0.29) is 10.8 Å². The molecule has 7 heteroatoms. The van der Waals surface area contributed by atoms with E-state index in [2.05, 4.69) is 34.8 Å². The highest BCUT2D eigenvalue weighted by Gasteiger charge is 2.12. The SMILES string of the molecule is CC(C)c1cc(Br)ccc1Oc1ccc(S(N)(=O)=O)cn1. The molecule has 0 unspecified atom stereocenters. The maximum absolute atomic E-state index is 11.2. The van der Waals surface area contributed by atoms with Crippen molar-refractivity contribution in [2.45, 2.75) is 24.7 Å². The molecule has 0 atom stereocenters. The van der Waals surface area contributed by atoms with Crippen LogP contribution in [0.25, 0.3) is 0 Å². The summed E-state index contributed by atoms with van der Waals surface area (Å²) in [7, 11) is -3.74. The number of hydrogen-bond acceptors (Lipinski definition) is 4. The van der Waals surface area contributed by atoms with Crippen LogP contribution in [0.1, 0.15) is 25.3 Å². The maximum atomic E-state index is 11.2. The minimum absolute atomic E-state index is 0.0465. The summed E-state index contributed by atoms with van der Waals surface area (Å²) >= 11 is 3.43. The molecule has 1 aromatic heterocycles. The second-order valence-corrected chi connectivity index (χ2v) is 7.29. The minimum Gasteiger partial charge on any atom is -0.439 e. The van der Waals surface area contributed by atoms with Gasteiger partial charge in [0.1, 0.15) is 10.6 Å². The highest BCUT2D eigenvalue weighted by Crippen LogP contribution is 2.32. The van der Waals surface area contributed by atoms with E-state index in [1.54, 1.807) is 0 Å². The molecule has 5 nitrogen and oxygen atoms in total. The standard InChI is InChI=1S/C14H15BrN2O3S/c1-9(2)12-7-10(15)3-5-13(12)20-14-6-4-11(8-17-14)21(16,18)19/h3-9H,1-2H3,(H2,16,18,19). The molecule has 0 amide bonds. The van der Waals surface area contributed by atoms with Gasteiger partial charge in [0.15, 0.2) is 0 Å². The zero-order valence-electron chi connectivity index (χ0n) is 11.6. The predicted molar refractivity (Wildman–Crippen MR) is 83.9 cm³/mol. The summed E-state index contributed by atoms with van der Waals surface area (Å²) in [6.45, 7) is 4.12. The Morgan fingerprint density at radius 3 is 2.48 bits per heavy atom. The Morgan fingerprint density at radius 2 is 1.95 bits per heavy atom. The van der Waals surface area contributed by atoms with Gasteiger partial charge in [-0.2, -0.15) is 0 Å². The van der Waals surface area contributed by atoms with E-state index in [4.69, 9.17) is 9.88 Å². The van der Waals surface area contributed by atoms with Crippen LogP contribution < -0.4 is 9.88 Å². The molecule has 1 heterocycles. The second-order valence-electron chi connectivity index (χ2n) is 4.82. The quantitative estimate of drug-likeness (QED) is 0.893. The lowest BCUT2D eigenvalue weighted by atomic mass is 10.0. The Hall–Kier alpha value is -1.44. The summed E-state index contributed by atoms with van der Waals surface area (Å²) in [6, 6.07) is 8.55. The van der Waals surface area contributed by atoms with Crippen molar-refractivity contribution in [2.24, 2.45) is 5.14 Å². The van der Waals surface area contributed by atoms with Crippen molar-refractivity contribution in [1.29, 1.82) is 0 Å². The van der Waals surface area contributed by atoms with Gasteiger partial charge >= 0.3 is 0 Å². The van der Waals surface area contributed by atoms with E-state index in [9.17, 15) is 8.42 Å². The van der Waals surface area contributed by atoms with Gasteiger partial charge in [-0.15, -0.1) is 0 Å². The monoisotopic (exact) mass is 370 g/mol. The third-order valence-electron chi connectivity index (χ3n) is 2.85. The molecule has 0 aliphatic rings. The lowest BCUT2D eigenvalue weighted by molar-refractivity contribution is 0.453. The van der Waals surface area contributed by atoms with E-state index in [0.29, 0.717) is 11.6 Å². The summed E-state index contributed by atoms with van der Waals surface area (Å²) in [5.41, 5.74) is 1.03. The summed E-state index contributed by atoms with van der Waals surface area (Å²) in [5.74, 6) is 1.27. The van der Waals surface area contributed by atoms with Crippen LogP contribution in [0.4, 0.5) is 0 Å². The molecule has 21 heavy (non-hydrogen) atoms. The highest BCUT2D eigenvalue weighted by molar-refractivity contribution is 9.10. The third kappa shape index (κ3) is 4.03. The first kappa shape index (κ1) is 15.9. The molecule has 2 N–H and O–H groups in total. The van der Waals surface area contributed by atoms with E-state index < -0.39 is 10.0 Å². The van der Waals surface area contributed by atoms with Crippen molar-refractivity contribution < 1.29 is 13.2 Å². The fraction of sp³-hybridized carbons (Fsp3) is 0.214. The number of benzene rings is 1. The molecule has 112 valence electrons. The Kier molecular flexibility index (Phi) is 4.65. The first-order chi connectivity index (χ1) is 9.77. The lowest BCUT2D eigenvalue weighted by Gasteiger charge is -2.13. The Labute approximate surface area is 132 Å². The van der Waals surface area contributed by atoms with E-state index >= 15 is 0 Å². The number of aromatic nitrogens is 1. The van der Waals surface area contributed by atoms with E-state index in [0.717, 1.165) is 10.0 Å². The van der Waals surface area contributed by atoms with Gasteiger partial charge in [-0.25, -0.2) is 18.5 Å². The molecule has 0 bridgehead atoms. The summed E-state index contributed by atoms with van der Waals surface area (Å²) < 4.78 is 29.0. The fourth-order valence-electron chi connectivity index (χ4n) is 1.77. The topological polar surface area (TPSA) is 82.3 Å². The molecule has 2 aromatic rings. The van der Waals surface area contributed by atoms with Gasteiger partial charge in [0.2, 0.25) is 15.9 Å². The van der Waals surface area contributed by atoms with Crippen LogP contribution in [0.5, 0.6) is 11.6 Å². The number of sulfonamides is 1. The van der Waals surface area contributed by atoms with E-state index in [1.165, 1.54) is 18.3 Å². The second kappa shape index (κ2) is 6.13. The molecule has 0 radical (unpaired) electrons. The van der Waals surface area contributed by atoms with Gasteiger partial charge in [0.25, 0.3) is 0 Å². The molecule has 0 aliphatic heterocycles. The molecule has 0 fully saturated rings. The number of rotatable bonds is 4. The molecular formula is C14H15BrN2O3S. The van der Waals surface area contributed by atoms with Gasteiger partial charge in [-0.05, 0) is 35.7 Å². The van der Waals surface area contributed by atoms with Crippen molar-refractivity contribution in [2.75, 3.05) is 0 Å². The molecule has 0 aliphatic carbocycles. The van der Waals surface area contributed by atoms with Crippen molar-refractivity contribution in [3.8, 4) is 11.6 Å². The Morgan fingerprint density at radius 1 is 1.24 bits per heavy atom. The van der Waals surface area contributed by atoms with Gasteiger partial charge in [-0.3, -0.25) is 0 Å². The largest absolute Gasteiger partial charge is 0.439 e. The smallest absolute Gasteiger partial charge is 0.239 e. The number of pyridine rings is 1. The van der Waals surface area contributed by atoms with Crippen LogP contribution >= 0.6 is 15.9 Å². The van der Waals surface area contributed by atoms with Gasteiger partial charge in [0.05, 0.1) is 6.20 Å². The summed E-state index contributed by atoms with van der Waals surface area (Å²) in [6.07, 6.45) is 1.18. The van der Waals surface area contributed by atoms with Crippen molar-refractivity contribution in [3.05, 3.63) is 46.6 Å². The van der Waals surface area contributed by atoms with Crippen LogP contribution in [-0.2, 0) is 10.0 Å². The first-order valence-electron chi connectivity index (χ1n) is 6.23. The fourth-order valence-corrected chi connectivity index (χ4v) is 2.61. The number of primary sulfonamides is 1. The van der Waals surface area contributed by atoms with Gasteiger partial charge < -0.3 is 4.74 Å². The molecule has 0 saturated carbocycles. The normalized spacial score (nSPS) is 11.7. The Balaban J connectivity index is 2.30. The molecule has 0 spiro atoms. The lowest BCUT2D eigenvalue weighted by Crippen LogP contribution is -2.12. The van der Waals surface area contributed by atoms with Crippen LogP contribution in [0, 0.1) is 0 Å². The number of ether oxygens (including phenoxy) is 1. The summed E-state index contributed by atoms with van der Waals surface area (Å²) in [5, 5.41) is 5.03. The van der Waals surface area contributed by atoms with Crippen LogP contribution in [0.2, 0.25) is 0 Å². The zero-order chi connectivity index (χ0) is 15.6. The average molecular weight is 371 g/mol. The van der Waals surface area contributed by atoms with Crippen molar-refractivity contribution in [1.82, 2.24) is 4.98 Å². The molecule has 1 aromatic carbocycles. The minimum atomic E-state index is -3.74. The average Bonchev–Trinajstić information content (AvgIpc) is 2.40. The zero-order valence-corrected chi connectivity index (χ0v) is 14.0. The third-order valence-corrected chi connectivity index (χ3v) is 4.24. The number of nitrogens with two attached hydrogens (primary N) is 1. The highest BCUT2D eigenvalue weighted by atomic mass is 79.9. The van der Waals surface area contributed by atoms with Crippen molar-refractivity contribution in [3.63, 3.8) is 0 Å². The maximum Gasteiger partial charge on any atom is 0.239 e. The number of halogens is 1. The number of hydrogen-bond donors (Lipinski definition) is 1. The van der Waals surface area contributed by atoms with Gasteiger partial charge in [-0.1, -0.05) is 29.8 Å².